The van der Waals surface area contributed by atoms with Crippen LogP contribution in [-0.2, 0) is 7.05 Å². The number of carboxylic acid groups (broad SMARTS) is 1. The van der Waals surface area contributed by atoms with Crippen LogP contribution >= 0.6 is 0 Å². The van der Waals surface area contributed by atoms with Crippen LogP contribution in [-0.4, -0.2) is 26.5 Å². The number of nitrogens with zero attached hydrogens (tertiary/aromatic N) is 2. The van der Waals surface area contributed by atoms with Crippen LogP contribution < -0.4 is 5.32 Å². The summed E-state index contributed by atoms with van der Waals surface area (Å²) in [5.74, 6) is -1.51. The van der Waals surface area contributed by atoms with Gasteiger partial charge in [-0.15, -0.1) is 0 Å². The molecule has 0 radical (unpaired) electrons. The lowest BCUT2D eigenvalue weighted by Gasteiger charge is -2.12. The van der Waals surface area contributed by atoms with E-state index in [1.165, 1.54) is 12.4 Å². The summed E-state index contributed by atoms with van der Waals surface area (Å²) in [6, 6.07) is 3.35. The van der Waals surface area contributed by atoms with E-state index in [4.69, 9.17) is 0 Å². The highest BCUT2D eigenvalue weighted by Crippen LogP contribution is 2.23. The first-order valence-electron chi connectivity index (χ1n) is 6.02. The van der Waals surface area contributed by atoms with Crippen LogP contribution in [0.25, 0.3) is 0 Å². The van der Waals surface area contributed by atoms with Crippen LogP contribution in [0.15, 0.2) is 24.7 Å². The number of carboxylic acids is 1. The van der Waals surface area contributed by atoms with Crippen molar-refractivity contribution in [2.45, 2.75) is 13.8 Å². The molecule has 1 aromatic heterocycles. The molecule has 0 fully saturated rings. The minimum atomic E-state index is -1.08. The summed E-state index contributed by atoms with van der Waals surface area (Å²) in [6.07, 6.45) is 3.08. The molecule has 1 amide bonds. The number of anilines is 1. The van der Waals surface area contributed by atoms with E-state index >= 15 is 0 Å². The van der Waals surface area contributed by atoms with Crippen molar-refractivity contribution in [2.75, 3.05) is 5.32 Å². The van der Waals surface area contributed by atoms with Gasteiger partial charge in [0.25, 0.3) is 5.91 Å². The van der Waals surface area contributed by atoms with Crippen LogP contribution in [0, 0.1) is 13.8 Å². The Hall–Kier alpha value is -2.63. The summed E-state index contributed by atoms with van der Waals surface area (Å²) < 4.78 is 1.65. The summed E-state index contributed by atoms with van der Waals surface area (Å²) in [6.45, 7) is 3.57. The van der Waals surface area contributed by atoms with Crippen LogP contribution in [0.3, 0.4) is 0 Å². The molecule has 0 unspecified atom stereocenters. The highest BCUT2D eigenvalue weighted by atomic mass is 16.4. The number of aromatic carboxylic acids is 1. The number of carbonyl (C=O) groups is 2. The van der Waals surface area contributed by atoms with Crippen LogP contribution in [0.1, 0.15) is 32.0 Å². The molecule has 0 aliphatic rings. The number of hydrogen-bond acceptors (Lipinski definition) is 3. The summed E-state index contributed by atoms with van der Waals surface area (Å²) in [4.78, 5) is 27.3. The molecule has 6 heteroatoms. The fraction of sp³-hybridized carbons (Fsp3) is 0.214. The van der Waals surface area contributed by atoms with E-state index in [2.05, 4.69) is 10.3 Å². The van der Waals surface area contributed by atoms with Crippen molar-refractivity contribution in [3.63, 3.8) is 0 Å². The number of benzene rings is 1. The van der Waals surface area contributed by atoms with Gasteiger partial charge < -0.3 is 15.0 Å². The highest BCUT2D eigenvalue weighted by Gasteiger charge is 2.17. The molecule has 104 valence electrons. The maximum absolute atomic E-state index is 12.1. The number of nitrogens with one attached hydrogen (secondary N) is 1. The maximum Gasteiger partial charge on any atom is 0.337 e. The zero-order valence-electron chi connectivity index (χ0n) is 11.5. The molecule has 1 heterocycles. The van der Waals surface area contributed by atoms with E-state index in [0.29, 0.717) is 11.3 Å². The topological polar surface area (TPSA) is 84.2 Å². The number of rotatable bonds is 3. The second kappa shape index (κ2) is 5.16. The first kappa shape index (κ1) is 13.8. The largest absolute Gasteiger partial charge is 0.478 e. The van der Waals surface area contributed by atoms with Gasteiger partial charge in [-0.1, -0.05) is 6.07 Å². The van der Waals surface area contributed by atoms with Crippen molar-refractivity contribution < 1.29 is 14.7 Å². The van der Waals surface area contributed by atoms with Gasteiger partial charge in [-0.25, -0.2) is 9.78 Å². The predicted molar refractivity (Wildman–Crippen MR) is 74.0 cm³/mol. The van der Waals surface area contributed by atoms with Gasteiger partial charge in [-0.05, 0) is 31.0 Å². The van der Waals surface area contributed by atoms with Crippen molar-refractivity contribution in [1.82, 2.24) is 9.55 Å². The van der Waals surface area contributed by atoms with Crippen LogP contribution in [0.4, 0.5) is 5.69 Å². The Morgan fingerprint density at radius 1 is 1.30 bits per heavy atom. The zero-order valence-corrected chi connectivity index (χ0v) is 11.5. The SMILES string of the molecule is Cc1cc(C)c(NC(=O)c2cn(C)cn2)c(C(=O)O)c1. The molecule has 0 saturated carbocycles. The zero-order chi connectivity index (χ0) is 14.9. The Labute approximate surface area is 116 Å². The molecule has 0 aliphatic carbocycles. The quantitative estimate of drug-likeness (QED) is 0.895. The predicted octanol–water partition coefficient (Wildman–Crippen LogP) is 1.99. The van der Waals surface area contributed by atoms with Crippen molar-refractivity contribution in [3.05, 3.63) is 47.0 Å². The molecular formula is C14H15N3O3. The van der Waals surface area contributed by atoms with E-state index in [1.807, 2.05) is 13.0 Å². The number of hydrogen-bond donors (Lipinski definition) is 2. The lowest BCUT2D eigenvalue weighted by atomic mass is 10.0. The Morgan fingerprint density at radius 3 is 2.55 bits per heavy atom. The van der Waals surface area contributed by atoms with Gasteiger partial charge in [0.1, 0.15) is 5.69 Å². The summed E-state index contributed by atoms with van der Waals surface area (Å²) in [7, 11) is 1.75. The lowest BCUT2D eigenvalue weighted by molar-refractivity contribution is 0.0698. The van der Waals surface area contributed by atoms with Crippen molar-refractivity contribution in [3.8, 4) is 0 Å². The first-order chi connectivity index (χ1) is 9.38. The van der Waals surface area contributed by atoms with Gasteiger partial charge in [0, 0.05) is 13.2 Å². The Morgan fingerprint density at radius 2 is 2.00 bits per heavy atom. The normalized spacial score (nSPS) is 10.3. The Kier molecular flexibility index (Phi) is 3.56. The molecule has 0 spiro atoms. The van der Waals surface area contributed by atoms with Gasteiger partial charge in [-0.3, -0.25) is 4.79 Å². The fourth-order valence-corrected chi connectivity index (χ4v) is 2.01. The minimum absolute atomic E-state index is 0.0757. The van der Waals surface area contributed by atoms with Crippen molar-refractivity contribution in [2.24, 2.45) is 7.05 Å². The molecule has 2 aromatic rings. The first-order valence-corrected chi connectivity index (χ1v) is 6.02. The van der Waals surface area contributed by atoms with E-state index in [-0.39, 0.29) is 11.3 Å². The third kappa shape index (κ3) is 2.69. The van der Waals surface area contributed by atoms with Crippen LogP contribution in [0.5, 0.6) is 0 Å². The monoisotopic (exact) mass is 273 g/mol. The Bertz CT molecular complexity index is 689. The number of imidazole rings is 1. The van der Waals surface area contributed by atoms with Gasteiger partial charge >= 0.3 is 5.97 Å². The summed E-state index contributed by atoms with van der Waals surface area (Å²) in [5, 5.41) is 11.9. The number of aryl methyl sites for hydroxylation is 3. The molecule has 0 atom stereocenters. The number of amides is 1. The highest BCUT2D eigenvalue weighted by molar-refractivity contribution is 6.07. The average molecular weight is 273 g/mol. The second-order valence-electron chi connectivity index (χ2n) is 4.69. The fourth-order valence-electron chi connectivity index (χ4n) is 2.01. The molecule has 0 saturated heterocycles. The number of aromatic nitrogens is 2. The van der Waals surface area contributed by atoms with E-state index in [1.54, 1.807) is 24.7 Å². The van der Waals surface area contributed by atoms with Gasteiger partial charge in [0.2, 0.25) is 0 Å². The standard InChI is InChI=1S/C14H15N3O3/c1-8-4-9(2)12(10(5-8)14(19)20)16-13(18)11-6-17(3)7-15-11/h4-7H,1-3H3,(H,16,18)(H,19,20). The Balaban J connectivity index is 2.38. The molecule has 2 rings (SSSR count). The van der Waals surface area contributed by atoms with E-state index in [0.717, 1.165) is 5.56 Å². The third-order valence-corrected chi connectivity index (χ3v) is 2.89. The average Bonchev–Trinajstić information content (AvgIpc) is 2.78. The van der Waals surface area contributed by atoms with E-state index < -0.39 is 11.9 Å². The summed E-state index contributed by atoms with van der Waals surface area (Å²) >= 11 is 0. The smallest absolute Gasteiger partial charge is 0.337 e. The lowest BCUT2D eigenvalue weighted by Crippen LogP contribution is -2.16. The summed E-state index contributed by atoms with van der Waals surface area (Å²) in [5.41, 5.74) is 2.15. The van der Waals surface area contributed by atoms with Crippen molar-refractivity contribution >= 4 is 17.6 Å². The number of carbonyl (C=O) groups excluding carboxylic acids is 1. The van der Waals surface area contributed by atoms with Gasteiger partial charge in [0.05, 0.1) is 17.6 Å². The van der Waals surface area contributed by atoms with Crippen LogP contribution in [0.2, 0.25) is 0 Å². The second-order valence-corrected chi connectivity index (χ2v) is 4.69. The minimum Gasteiger partial charge on any atom is -0.478 e. The molecule has 0 bridgehead atoms. The van der Waals surface area contributed by atoms with E-state index in [9.17, 15) is 14.7 Å². The van der Waals surface area contributed by atoms with Gasteiger partial charge in [0.15, 0.2) is 0 Å². The molecule has 20 heavy (non-hydrogen) atoms. The van der Waals surface area contributed by atoms with Crippen molar-refractivity contribution in [1.29, 1.82) is 0 Å². The molecule has 1 aromatic carbocycles. The molecule has 2 N–H and O–H groups in total. The maximum atomic E-state index is 12.1. The molecule has 0 aliphatic heterocycles. The van der Waals surface area contributed by atoms with Gasteiger partial charge in [-0.2, -0.15) is 0 Å². The third-order valence-electron chi connectivity index (χ3n) is 2.89. The molecular weight excluding hydrogens is 258 g/mol. The molecule has 6 nitrogen and oxygen atoms in total.